The molecule has 1 saturated heterocycles. The second-order valence-corrected chi connectivity index (χ2v) is 5.36. The van der Waals surface area contributed by atoms with Gasteiger partial charge in [-0.2, -0.15) is 0 Å². The Balaban J connectivity index is 2.18. The van der Waals surface area contributed by atoms with Crippen molar-refractivity contribution in [3.8, 4) is 0 Å². The second-order valence-electron chi connectivity index (χ2n) is 5.36. The van der Waals surface area contributed by atoms with Crippen molar-refractivity contribution < 1.29 is 0 Å². The molecule has 2 unspecified atom stereocenters. The van der Waals surface area contributed by atoms with Crippen LogP contribution in [0.15, 0.2) is 0 Å². The third-order valence-corrected chi connectivity index (χ3v) is 3.43. The topological polar surface area (TPSA) is 15.3 Å². The average molecular weight is 212 g/mol. The van der Waals surface area contributed by atoms with Gasteiger partial charge >= 0.3 is 0 Å². The zero-order valence-electron chi connectivity index (χ0n) is 10.9. The van der Waals surface area contributed by atoms with Gasteiger partial charge in [-0.25, -0.2) is 0 Å². The number of rotatable bonds is 6. The van der Waals surface area contributed by atoms with Crippen LogP contribution in [0.3, 0.4) is 0 Å². The van der Waals surface area contributed by atoms with Crippen LogP contribution in [0.1, 0.15) is 47.0 Å². The Morgan fingerprint density at radius 3 is 2.67 bits per heavy atom. The van der Waals surface area contributed by atoms with Gasteiger partial charge in [0.05, 0.1) is 0 Å². The largest absolute Gasteiger partial charge is 0.313 e. The molecule has 15 heavy (non-hydrogen) atoms. The minimum absolute atomic E-state index is 0.671. The highest BCUT2D eigenvalue weighted by Gasteiger charge is 2.22. The van der Waals surface area contributed by atoms with Crippen molar-refractivity contribution in [2.24, 2.45) is 5.92 Å². The fourth-order valence-corrected chi connectivity index (χ4v) is 2.67. The molecule has 2 atom stereocenters. The van der Waals surface area contributed by atoms with Crippen LogP contribution in [0.25, 0.3) is 0 Å². The van der Waals surface area contributed by atoms with Gasteiger partial charge in [-0.05, 0) is 45.2 Å². The van der Waals surface area contributed by atoms with Crippen molar-refractivity contribution in [1.29, 1.82) is 0 Å². The highest BCUT2D eigenvalue weighted by Crippen LogP contribution is 2.16. The third kappa shape index (κ3) is 4.52. The van der Waals surface area contributed by atoms with Crippen LogP contribution in [0.4, 0.5) is 0 Å². The maximum atomic E-state index is 3.68. The summed E-state index contributed by atoms with van der Waals surface area (Å²) in [6.07, 6.45) is 4.06. The molecule has 0 saturated carbocycles. The van der Waals surface area contributed by atoms with Gasteiger partial charge in [-0.15, -0.1) is 0 Å². The summed E-state index contributed by atoms with van der Waals surface area (Å²) in [6, 6.07) is 1.47. The Morgan fingerprint density at radius 2 is 2.07 bits per heavy atom. The average Bonchev–Trinajstić information content (AvgIpc) is 2.60. The van der Waals surface area contributed by atoms with Gasteiger partial charge in [0.15, 0.2) is 0 Å². The summed E-state index contributed by atoms with van der Waals surface area (Å²) in [6.45, 7) is 12.9. The Morgan fingerprint density at radius 1 is 1.33 bits per heavy atom. The van der Waals surface area contributed by atoms with E-state index < -0.39 is 0 Å². The van der Waals surface area contributed by atoms with Crippen LogP contribution >= 0.6 is 0 Å². The first-order chi connectivity index (χ1) is 7.13. The third-order valence-electron chi connectivity index (χ3n) is 3.43. The van der Waals surface area contributed by atoms with Gasteiger partial charge in [0.2, 0.25) is 0 Å². The molecule has 90 valence electrons. The van der Waals surface area contributed by atoms with E-state index in [1.165, 1.54) is 38.9 Å². The smallest absolute Gasteiger partial charge is 0.0221 e. The highest BCUT2D eigenvalue weighted by molar-refractivity contribution is 4.81. The molecule has 1 aliphatic heterocycles. The van der Waals surface area contributed by atoms with E-state index in [0.717, 1.165) is 12.0 Å². The molecule has 0 aliphatic carbocycles. The first-order valence-corrected chi connectivity index (χ1v) is 6.61. The number of nitrogens with one attached hydrogen (secondary N) is 1. The molecule has 1 heterocycles. The minimum Gasteiger partial charge on any atom is -0.313 e. The molecule has 1 aliphatic rings. The van der Waals surface area contributed by atoms with Gasteiger partial charge in [-0.3, -0.25) is 4.90 Å². The maximum absolute atomic E-state index is 3.68. The van der Waals surface area contributed by atoms with E-state index in [9.17, 15) is 0 Å². The van der Waals surface area contributed by atoms with E-state index in [1.807, 2.05) is 0 Å². The van der Waals surface area contributed by atoms with Crippen LogP contribution in [-0.4, -0.2) is 36.6 Å². The molecule has 0 spiro atoms. The lowest BCUT2D eigenvalue weighted by molar-refractivity contribution is 0.251. The molecule has 2 heteroatoms. The lowest BCUT2D eigenvalue weighted by Crippen LogP contribution is -2.41. The van der Waals surface area contributed by atoms with Crippen LogP contribution in [0.2, 0.25) is 0 Å². The van der Waals surface area contributed by atoms with Gasteiger partial charge < -0.3 is 5.32 Å². The summed E-state index contributed by atoms with van der Waals surface area (Å²) < 4.78 is 0. The van der Waals surface area contributed by atoms with Crippen molar-refractivity contribution in [1.82, 2.24) is 10.2 Å². The van der Waals surface area contributed by atoms with Crippen molar-refractivity contribution in [3.63, 3.8) is 0 Å². The monoisotopic (exact) mass is 212 g/mol. The molecule has 0 aromatic carbocycles. The summed E-state index contributed by atoms with van der Waals surface area (Å²) in [7, 11) is 0. The zero-order valence-corrected chi connectivity index (χ0v) is 10.9. The van der Waals surface area contributed by atoms with E-state index in [0.29, 0.717) is 6.04 Å². The molecule has 1 rings (SSSR count). The van der Waals surface area contributed by atoms with Gasteiger partial charge in [0, 0.05) is 18.6 Å². The lowest BCUT2D eigenvalue weighted by Gasteiger charge is -2.25. The summed E-state index contributed by atoms with van der Waals surface area (Å²) in [4.78, 5) is 2.61. The van der Waals surface area contributed by atoms with Crippen molar-refractivity contribution in [2.75, 3.05) is 19.6 Å². The summed E-state index contributed by atoms with van der Waals surface area (Å²) >= 11 is 0. The standard InChI is InChI=1S/C13H28N2/c1-5-15-8-6-7-13(15)10-14-12(4)9-11(2)3/h11-14H,5-10H2,1-4H3. The first-order valence-electron chi connectivity index (χ1n) is 6.61. The van der Waals surface area contributed by atoms with E-state index in [2.05, 4.69) is 37.9 Å². The van der Waals surface area contributed by atoms with Crippen LogP contribution in [0, 0.1) is 5.92 Å². The molecule has 0 aromatic rings. The zero-order chi connectivity index (χ0) is 11.3. The second kappa shape index (κ2) is 6.49. The maximum Gasteiger partial charge on any atom is 0.0221 e. The molecule has 0 aromatic heterocycles. The van der Waals surface area contributed by atoms with Crippen LogP contribution in [-0.2, 0) is 0 Å². The summed E-state index contributed by atoms with van der Waals surface area (Å²) in [5.41, 5.74) is 0. The molecule has 1 fully saturated rings. The fourth-order valence-electron chi connectivity index (χ4n) is 2.67. The van der Waals surface area contributed by atoms with E-state index >= 15 is 0 Å². The number of likely N-dealkylation sites (tertiary alicyclic amines) is 1. The van der Waals surface area contributed by atoms with E-state index in [1.54, 1.807) is 0 Å². The van der Waals surface area contributed by atoms with E-state index in [4.69, 9.17) is 0 Å². The number of hydrogen-bond donors (Lipinski definition) is 1. The Hall–Kier alpha value is -0.0800. The molecule has 1 N–H and O–H groups in total. The summed E-state index contributed by atoms with van der Waals surface area (Å²) in [5, 5.41) is 3.68. The molecule has 0 bridgehead atoms. The molecular formula is C13H28N2. The van der Waals surface area contributed by atoms with E-state index in [-0.39, 0.29) is 0 Å². The Bertz CT molecular complexity index is 168. The van der Waals surface area contributed by atoms with Gasteiger partial charge in [-0.1, -0.05) is 20.8 Å². The molecule has 0 radical (unpaired) electrons. The highest BCUT2D eigenvalue weighted by atomic mass is 15.2. The predicted octanol–water partition coefficient (Wildman–Crippen LogP) is 2.49. The Labute approximate surface area is 95.4 Å². The number of hydrogen-bond acceptors (Lipinski definition) is 2. The number of likely N-dealkylation sites (N-methyl/N-ethyl adjacent to an activating group) is 1. The van der Waals surface area contributed by atoms with Crippen molar-refractivity contribution in [3.05, 3.63) is 0 Å². The lowest BCUT2D eigenvalue weighted by atomic mass is 10.0. The van der Waals surface area contributed by atoms with Crippen molar-refractivity contribution in [2.45, 2.75) is 59.0 Å². The van der Waals surface area contributed by atoms with Crippen LogP contribution < -0.4 is 5.32 Å². The molecule has 0 amide bonds. The van der Waals surface area contributed by atoms with Crippen LogP contribution in [0.5, 0.6) is 0 Å². The normalized spacial score (nSPS) is 25.0. The SMILES string of the molecule is CCN1CCCC1CNC(C)CC(C)C. The molecular weight excluding hydrogens is 184 g/mol. The Kier molecular flexibility index (Phi) is 5.62. The predicted molar refractivity (Wildman–Crippen MR) is 67.2 cm³/mol. The first kappa shape index (κ1) is 13.0. The minimum atomic E-state index is 0.671. The van der Waals surface area contributed by atoms with Gasteiger partial charge in [0.1, 0.15) is 0 Å². The fraction of sp³-hybridized carbons (Fsp3) is 1.00. The molecule has 2 nitrogen and oxygen atoms in total. The summed E-state index contributed by atoms with van der Waals surface area (Å²) in [5.74, 6) is 0.804. The van der Waals surface area contributed by atoms with Crippen molar-refractivity contribution >= 4 is 0 Å². The van der Waals surface area contributed by atoms with Gasteiger partial charge in [0.25, 0.3) is 0 Å². The number of nitrogens with zero attached hydrogens (tertiary/aromatic N) is 1. The quantitative estimate of drug-likeness (QED) is 0.728.